The minimum atomic E-state index is -4.02. The SMILES string of the molecule is Nc1cc(Cl)cc(S(=O)(=O)N2CCn3ccnc3C2)c1F. The number of sulfonamides is 1. The molecule has 1 aliphatic heterocycles. The molecule has 1 aliphatic rings. The van der Waals surface area contributed by atoms with Gasteiger partial charge in [-0.2, -0.15) is 4.31 Å². The van der Waals surface area contributed by atoms with Gasteiger partial charge in [0.2, 0.25) is 10.0 Å². The molecule has 2 heterocycles. The van der Waals surface area contributed by atoms with Gasteiger partial charge in [-0.1, -0.05) is 11.6 Å². The van der Waals surface area contributed by atoms with Gasteiger partial charge in [0.05, 0.1) is 12.2 Å². The van der Waals surface area contributed by atoms with Crippen molar-refractivity contribution in [2.75, 3.05) is 12.3 Å². The fourth-order valence-electron chi connectivity index (χ4n) is 2.27. The summed E-state index contributed by atoms with van der Waals surface area (Å²) in [6.07, 6.45) is 3.38. The van der Waals surface area contributed by atoms with Crippen LogP contribution in [0.15, 0.2) is 29.4 Å². The normalized spacial score (nSPS) is 15.9. The van der Waals surface area contributed by atoms with E-state index in [1.165, 1.54) is 10.4 Å². The summed E-state index contributed by atoms with van der Waals surface area (Å²) >= 11 is 5.78. The van der Waals surface area contributed by atoms with Gasteiger partial charge in [-0.15, -0.1) is 0 Å². The first kappa shape index (κ1) is 14.3. The highest BCUT2D eigenvalue weighted by molar-refractivity contribution is 7.89. The Balaban J connectivity index is 2.03. The van der Waals surface area contributed by atoms with E-state index in [1.807, 2.05) is 4.57 Å². The number of nitrogen functional groups attached to an aromatic ring is 1. The molecule has 0 amide bonds. The van der Waals surface area contributed by atoms with Gasteiger partial charge >= 0.3 is 0 Å². The first-order valence-electron chi connectivity index (χ1n) is 6.14. The van der Waals surface area contributed by atoms with Crippen LogP contribution in [0.1, 0.15) is 5.82 Å². The van der Waals surface area contributed by atoms with Crippen molar-refractivity contribution >= 4 is 27.3 Å². The molecule has 1 aromatic heterocycles. The zero-order valence-electron chi connectivity index (χ0n) is 10.8. The summed E-state index contributed by atoms with van der Waals surface area (Å²) in [5.41, 5.74) is 5.16. The van der Waals surface area contributed by atoms with E-state index in [1.54, 1.807) is 12.4 Å². The summed E-state index contributed by atoms with van der Waals surface area (Å²) in [6, 6.07) is 2.25. The van der Waals surface area contributed by atoms with Crippen LogP contribution in [0.2, 0.25) is 5.02 Å². The highest BCUT2D eigenvalue weighted by Gasteiger charge is 2.32. The van der Waals surface area contributed by atoms with Gasteiger partial charge in [0.1, 0.15) is 10.7 Å². The molecule has 0 saturated heterocycles. The second kappa shape index (κ2) is 4.97. The molecule has 0 spiro atoms. The Labute approximate surface area is 126 Å². The van der Waals surface area contributed by atoms with Crippen molar-refractivity contribution < 1.29 is 12.8 Å². The molecule has 0 atom stereocenters. The molecular weight excluding hydrogens is 319 g/mol. The van der Waals surface area contributed by atoms with Crippen LogP contribution in [0, 0.1) is 5.82 Å². The van der Waals surface area contributed by atoms with Gasteiger partial charge in [0, 0.05) is 30.5 Å². The highest BCUT2D eigenvalue weighted by atomic mass is 35.5. The van der Waals surface area contributed by atoms with Crippen molar-refractivity contribution in [3.8, 4) is 0 Å². The van der Waals surface area contributed by atoms with Gasteiger partial charge in [-0.3, -0.25) is 0 Å². The number of imidazole rings is 1. The summed E-state index contributed by atoms with van der Waals surface area (Å²) in [4.78, 5) is 3.58. The molecule has 6 nitrogen and oxygen atoms in total. The average molecular weight is 331 g/mol. The molecule has 2 N–H and O–H groups in total. The number of hydrogen-bond donors (Lipinski definition) is 1. The third-order valence-corrected chi connectivity index (χ3v) is 5.42. The summed E-state index contributed by atoms with van der Waals surface area (Å²) in [7, 11) is -4.02. The Bertz CT molecular complexity index is 806. The Morgan fingerprint density at radius 1 is 1.33 bits per heavy atom. The van der Waals surface area contributed by atoms with Crippen LogP contribution in [0.25, 0.3) is 0 Å². The van der Waals surface area contributed by atoms with Crippen LogP contribution in [0.5, 0.6) is 0 Å². The van der Waals surface area contributed by atoms with Gasteiger partial charge in [-0.05, 0) is 12.1 Å². The molecule has 0 saturated carbocycles. The fraction of sp³-hybridized carbons (Fsp3) is 0.250. The van der Waals surface area contributed by atoms with Crippen molar-refractivity contribution in [1.29, 1.82) is 0 Å². The number of rotatable bonds is 2. The maximum absolute atomic E-state index is 14.1. The standard InChI is InChI=1S/C12H12ClFN4O2S/c13-8-5-9(15)12(14)10(6-8)21(19,20)18-4-3-17-2-1-16-11(17)7-18/h1-2,5-6H,3-4,7,15H2. The first-order chi connectivity index (χ1) is 9.89. The number of nitrogens with two attached hydrogens (primary N) is 1. The fourth-order valence-corrected chi connectivity index (χ4v) is 4.06. The van der Waals surface area contributed by atoms with Crippen molar-refractivity contribution in [3.63, 3.8) is 0 Å². The number of halogens is 2. The van der Waals surface area contributed by atoms with Gasteiger partial charge in [0.15, 0.2) is 5.82 Å². The minimum absolute atomic E-state index is 0.0750. The Morgan fingerprint density at radius 3 is 2.86 bits per heavy atom. The van der Waals surface area contributed by atoms with Gasteiger partial charge in [0.25, 0.3) is 0 Å². The predicted molar refractivity (Wildman–Crippen MR) is 75.6 cm³/mol. The molecule has 0 radical (unpaired) electrons. The second-order valence-electron chi connectivity index (χ2n) is 4.68. The van der Waals surface area contributed by atoms with Crippen LogP contribution in [-0.4, -0.2) is 28.8 Å². The summed E-state index contributed by atoms with van der Waals surface area (Å²) in [5.74, 6) is -0.367. The Hall–Kier alpha value is -1.64. The molecule has 21 heavy (non-hydrogen) atoms. The number of hydrogen-bond acceptors (Lipinski definition) is 4. The molecule has 0 fully saturated rings. The minimum Gasteiger partial charge on any atom is -0.396 e. The second-order valence-corrected chi connectivity index (χ2v) is 7.03. The van der Waals surface area contributed by atoms with E-state index in [0.29, 0.717) is 12.4 Å². The van der Waals surface area contributed by atoms with Crippen molar-refractivity contribution in [2.45, 2.75) is 18.0 Å². The van der Waals surface area contributed by atoms with E-state index in [2.05, 4.69) is 4.98 Å². The third-order valence-electron chi connectivity index (χ3n) is 3.36. The van der Waals surface area contributed by atoms with Crippen LogP contribution < -0.4 is 5.73 Å². The van der Waals surface area contributed by atoms with E-state index < -0.39 is 20.7 Å². The van der Waals surface area contributed by atoms with Crippen LogP contribution in [-0.2, 0) is 23.1 Å². The van der Waals surface area contributed by atoms with E-state index in [0.717, 1.165) is 6.07 Å². The van der Waals surface area contributed by atoms with E-state index in [9.17, 15) is 12.8 Å². The van der Waals surface area contributed by atoms with E-state index >= 15 is 0 Å². The molecule has 112 valence electrons. The Morgan fingerprint density at radius 2 is 2.10 bits per heavy atom. The number of anilines is 1. The monoisotopic (exact) mass is 330 g/mol. The molecular formula is C12H12ClFN4O2S. The lowest BCUT2D eigenvalue weighted by atomic mass is 10.3. The number of fused-ring (bicyclic) bond motifs is 1. The molecule has 9 heteroatoms. The Kier molecular flexibility index (Phi) is 3.39. The summed E-state index contributed by atoms with van der Waals surface area (Å²) in [6.45, 7) is 0.783. The zero-order chi connectivity index (χ0) is 15.2. The summed E-state index contributed by atoms with van der Waals surface area (Å²) < 4.78 is 42.2. The zero-order valence-corrected chi connectivity index (χ0v) is 12.4. The molecule has 0 bridgehead atoms. The van der Waals surface area contributed by atoms with Crippen molar-refractivity contribution in [2.24, 2.45) is 0 Å². The van der Waals surface area contributed by atoms with Gasteiger partial charge < -0.3 is 10.3 Å². The van der Waals surface area contributed by atoms with Gasteiger partial charge in [-0.25, -0.2) is 17.8 Å². The molecule has 0 aliphatic carbocycles. The molecule has 2 aromatic rings. The lowest BCUT2D eigenvalue weighted by molar-refractivity contribution is 0.334. The van der Waals surface area contributed by atoms with E-state index in [4.69, 9.17) is 17.3 Å². The summed E-state index contributed by atoms with van der Waals surface area (Å²) in [5, 5.41) is 0.0750. The van der Waals surface area contributed by atoms with Crippen LogP contribution >= 0.6 is 11.6 Å². The highest BCUT2D eigenvalue weighted by Crippen LogP contribution is 2.29. The first-order valence-corrected chi connectivity index (χ1v) is 7.96. The van der Waals surface area contributed by atoms with E-state index in [-0.39, 0.29) is 23.8 Å². The van der Waals surface area contributed by atoms with Crippen molar-refractivity contribution in [1.82, 2.24) is 13.9 Å². The average Bonchev–Trinajstić information content (AvgIpc) is 2.89. The predicted octanol–water partition coefficient (Wildman–Crippen LogP) is 1.46. The maximum atomic E-state index is 14.1. The lowest BCUT2D eigenvalue weighted by Gasteiger charge is -2.27. The lowest BCUT2D eigenvalue weighted by Crippen LogP contribution is -2.38. The van der Waals surface area contributed by atoms with Crippen LogP contribution in [0.4, 0.5) is 10.1 Å². The smallest absolute Gasteiger partial charge is 0.246 e. The number of nitrogens with zero attached hydrogens (tertiary/aromatic N) is 3. The molecule has 0 unspecified atom stereocenters. The number of aromatic nitrogens is 2. The third kappa shape index (κ3) is 2.39. The maximum Gasteiger partial charge on any atom is 0.246 e. The quantitative estimate of drug-likeness (QED) is 0.845. The van der Waals surface area contributed by atoms with Crippen molar-refractivity contribution in [3.05, 3.63) is 41.2 Å². The molecule has 1 aromatic carbocycles. The van der Waals surface area contributed by atoms with Crippen LogP contribution in [0.3, 0.4) is 0 Å². The molecule has 3 rings (SSSR count). The number of benzene rings is 1. The topological polar surface area (TPSA) is 81.2 Å². The largest absolute Gasteiger partial charge is 0.396 e.